The second kappa shape index (κ2) is 9.02. The number of aryl methyl sites for hydroxylation is 2. The molecule has 4 nitrogen and oxygen atoms in total. The van der Waals surface area contributed by atoms with Crippen LogP contribution < -0.4 is 10.1 Å². The molecule has 0 aliphatic heterocycles. The maximum Gasteiger partial charge on any atom is 0.264 e. The molecule has 1 aromatic heterocycles. The number of nitrogens with one attached hydrogen (secondary N) is 1. The second-order valence-electron chi connectivity index (χ2n) is 7.10. The Morgan fingerprint density at radius 2 is 1.93 bits per heavy atom. The molecule has 146 valence electrons. The number of carbonyl (C=O) groups is 1. The van der Waals surface area contributed by atoms with E-state index >= 15 is 0 Å². The number of benzene rings is 2. The van der Waals surface area contributed by atoms with E-state index in [1.54, 1.807) is 0 Å². The molecular weight excluding hydrogens is 368 g/mol. The predicted octanol–water partition coefficient (Wildman–Crippen LogP) is 5.82. The summed E-state index contributed by atoms with van der Waals surface area (Å²) < 4.78 is 5.64. The normalized spacial score (nSPS) is 10.9. The van der Waals surface area contributed by atoms with E-state index in [-0.39, 0.29) is 12.5 Å². The van der Waals surface area contributed by atoms with Crippen molar-refractivity contribution in [3.05, 3.63) is 64.5 Å². The SMILES string of the molecule is CCc1ccc(-c2csc(NC(=O)COc3ccc(C(C)C)c(C)c3)n2)cc1. The van der Waals surface area contributed by atoms with Crippen molar-refractivity contribution in [3.8, 4) is 17.0 Å². The monoisotopic (exact) mass is 394 g/mol. The number of amides is 1. The second-order valence-corrected chi connectivity index (χ2v) is 7.96. The van der Waals surface area contributed by atoms with Crippen molar-refractivity contribution >= 4 is 22.4 Å². The van der Waals surface area contributed by atoms with Crippen LogP contribution in [0.1, 0.15) is 43.4 Å². The maximum absolute atomic E-state index is 12.2. The first kappa shape index (κ1) is 20.1. The van der Waals surface area contributed by atoms with Crippen LogP contribution in [0.4, 0.5) is 5.13 Å². The number of carbonyl (C=O) groups excluding carboxylic acids is 1. The van der Waals surface area contributed by atoms with E-state index in [0.29, 0.717) is 16.8 Å². The van der Waals surface area contributed by atoms with Crippen molar-refractivity contribution < 1.29 is 9.53 Å². The first-order valence-corrected chi connectivity index (χ1v) is 10.4. The Morgan fingerprint density at radius 1 is 1.18 bits per heavy atom. The number of hydrogen-bond acceptors (Lipinski definition) is 4. The largest absolute Gasteiger partial charge is 0.484 e. The van der Waals surface area contributed by atoms with E-state index in [9.17, 15) is 4.79 Å². The highest BCUT2D eigenvalue weighted by Gasteiger charge is 2.10. The molecule has 0 radical (unpaired) electrons. The summed E-state index contributed by atoms with van der Waals surface area (Å²) in [5, 5.41) is 5.34. The van der Waals surface area contributed by atoms with Gasteiger partial charge in [0.05, 0.1) is 5.69 Å². The highest BCUT2D eigenvalue weighted by atomic mass is 32.1. The standard InChI is InChI=1S/C23H26N2O2S/c1-5-17-6-8-18(9-7-17)21-14-28-23(24-21)25-22(26)13-27-19-10-11-20(15(2)3)16(4)12-19/h6-12,14-15H,5,13H2,1-4H3,(H,24,25,26). The molecule has 0 saturated carbocycles. The Balaban J connectivity index is 1.56. The molecule has 0 saturated heterocycles. The Hall–Kier alpha value is -2.66. The van der Waals surface area contributed by atoms with Gasteiger partial charge in [0.2, 0.25) is 0 Å². The molecule has 0 bridgehead atoms. The third-order valence-electron chi connectivity index (χ3n) is 4.64. The molecule has 1 amide bonds. The smallest absolute Gasteiger partial charge is 0.264 e. The quantitative estimate of drug-likeness (QED) is 0.549. The lowest BCUT2D eigenvalue weighted by Crippen LogP contribution is -2.20. The van der Waals surface area contributed by atoms with E-state index in [1.807, 2.05) is 17.5 Å². The molecule has 28 heavy (non-hydrogen) atoms. The fourth-order valence-corrected chi connectivity index (χ4v) is 3.80. The zero-order valence-corrected chi connectivity index (χ0v) is 17.6. The van der Waals surface area contributed by atoms with Gasteiger partial charge < -0.3 is 4.74 Å². The molecule has 3 aromatic rings. The maximum atomic E-state index is 12.2. The first-order valence-electron chi connectivity index (χ1n) is 9.54. The van der Waals surface area contributed by atoms with Gasteiger partial charge in [-0.1, -0.05) is 51.1 Å². The number of ether oxygens (including phenoxy) is 1. The first-order chi connectivity index (χ1) is 13.5. The topological polar surface area (TPSA) is 51.2 Å². The Bertz CT molecular complexity index is 945. The van der Waals surface area contributed by atoms with Gasteiger partial charge in [-0.2, -0.15) is 0 Å². The summed E-state index contributed by atoms with van der Waals surface area (Å²) in [6.45, 7) is 8.48. The minimum atomic E-state index is -0.215. The zero-order valence-electron chi connectivity index (χ0n) is 16.8. The number of nitrogens with zero attached hydrogens (tertiary/aromatic N) is 1. The number of aromatic nitrogens is 1. The van der Waals surface area contributed by atoms with E-state index < -0.39 is 0 Å². The number of hydrogen-bond donors (Lipinski definition) is 1. The number of rotatable bonds is 7. The van der Waals surface area contributed by atoms with Gasteiger partial charge in [0, 0.05) is 10.9 Å². The van der Waals surface area contributed by atoms with Crippen LogP contribution in [-0.4, -0.2) is 17.5 Å². The van der Waals surface area contributed by atoms with Crippen molar-refractivity contribution in [2.24, 2.45) is 0 Å². The van der Waals surface area contributed by atoms with E-state index in [2.05, 4.69) is 68.3 Å². The van der Waals surface area contributed by atoms with Gasteiger partial charge in [-0.25, -0.2) is 4.98 Å². The van der Waals surface area contributed by atoms with Crippen LogP contribution in [0, 0.1) is 6.92 Å². The van der Waals surface area contributed by atoms with Gasteiger partial charge in [-0.15, -0.1) is 11.3 Å². The van der Waals surface area contributed by atoms with Gasteiger partial charge in [0.25, 0.3) is 5.91 Å². The van der Waals surface area contributed by atoms with Crippen molar-refractivity contribution in [1.82, 2.24) is 4.98 Å². The summed E-state index contributed by atoms with van der Waals surface area (Å²) >= 11 is 1.41. The summed E-state index contributed by atoms with van der Waals surface area (Å²) in [6.07, 6.45) is 1.01. The molecule has 0 unspecified atom stereocenters. The van der Waals surface area contributed by atoms with E-state index in [1.165, 1.54) is 28.0 Å². The van der Waals surface area contributed by atoms with Gasteiger partial charge in [-0.3, -0.25) is 10.1 Å². The van der Waals surface area contributed by atoms with Crippen LogP contribution in [0.15, 0.2) is 47.8 Å². The van der Waals surface area contributed by atoms with Crippen molar-refractivity contribution in [2.45, 2.75) is 40.0 Å². The summed E-state index contributed by atoms with van der Waals surface area (Å²) in [7, 11) is 0. The molecule has 2 aromatic carbocycles. The predicted molar refractivity (Wildman–Crippen MR) is 116 cm³/mol. The summed E-state index contributed by atoms with van der Waals surface area (Å²) in [4.78, 5) is 16.7. The average Bonchev–Trinajstić information content (AvgIpc) is 3.14. The molecule has 0 atom stereocenters. The third kappa shape index (κ3) is 4.98. The fourth-order valence-electron chi connectivity index (χ4n) is 3.06. The number of thiazole rings is 1. The summed E-state index contributed by atoms with van der Waals surface area (Å²) in [6, 6.07) is 14.3. The molecule has 1 N–H and O–H groups in total. The molecule has 5 heteroatoms. The molecule has 0 aliphatic carbocycles. The van der Waals surface area contributed by atoms with Crippen LogP contribution in [0.3, 0.4) is 0 Å². The third-order valence-corrected chi connectivity index (χ3v) is 5.40. The summed E-state index contributed by atoms with van der Waals surface area (Å²) in [5.74, 6) is 0.954. The van der Waals surface area contributed by atoms with Crippen LogP contribution in [0.5, 0.6) is 5.75 Å². The Kier molecular flexibility index (Phi) is 6.47. The lowest BCUT2D eigenvalue weighted by Gasteiger charge is -2.12. The van der Waals surface area contributed by atoms with Crippen molar-refractivity contribution in [3.63, 3.8) is 0 Å². The van der Waals surface area contributed by atoms with Crippen molar-refractivity contribution in [2.75, 3.05) is 11.9 Å². The van der Waals surface area contributed by atoms with Gasteiger partial charge >= 0.3 is 0 Å². The fraction of sp³-hybridized carbons (Fsp3) is 0.304. The minimum Gasteiger partial charge on any atom is -0.484 e. The van der Waals surface area contributed by atoms with Gasteiger partial charge in [0.15, 0.2) is 11.7 Å². The molecule has 0 fully saturated rings. The Labute approximate surface area is 170 Å². The number of anilines is 1. The highest BCUT2D eigenvalue weighted by Crippen LogP contribution is 2.26. The van der Waals surface area contributed by atoms with Crippen LogP contribution in [0.25, 0.3) is 11.3 Å². The zero-order chi connectivity index (χ0) is 20.1. The molecule has 0 aliphatic rings. The summed E-state index contributed by atoms with van der Waals surface area (Å²) in [5.41, 5.74) is 5.67. The molecule has 3 rings (SSSR count). The molecule has 1 heterocycles. The average molecular weight is 395 g/mol. The van der Waals surface area contributed by atoms with Crippen molar-refractivity contribution in [1.29, 1.82) is 0 Å². The Morgan fingerprint density at radius 3 is 2.57 bits per heavy atom. The van der Waals surface area contributed by atoms with Gasteiger partial charge in [0.1, 0.15) is 5.75 Å². The highest BCUT2D eigenvalue weighted by molar-refractivity contribution is 7.14. The van der Waals surface area contributed by atoms with Gasteiger partial charge in [-0.05, 0) is 48.1 Å². The minimum absolute atomic E-state index is 0.0411. The van der Waals surface area contributed by atoms with Crippen LogP contribution >= 0.6 is 11.3 Å². The molecule has 0 spiro atoms. The van der Waals surface area contributed by atoms with Crippen LogP contribution in [-0.2, 0) is 11.2 Å². The van der Waals surface area contributed by atoms with E-state index in [0.717, 1.165) is 17.7 Å². The van der Waals surface area contributed by atoms with Crippen LogP contribution in [0.2, 0.25) is 0 Å². The van der Waals surface area contributed by atoms with E-state index in [4.69, 9.17) is 4.74 Å². The lowest BCUT2D eigenvalue weighted by molar-refractivity contribution is -0.118. The lowest BCUT2D eigenvalue weighted by atomic mass is 9.98. The molecular formula is C23H26N2O2S.